The topological polar surface area (TPSA) is 70.9 Å². The van der Waals surface area contributed by atoms with E-state index in [2.05, 4.69) is 34.7 Å². The summed E-state index contributed by atoms with van der Waals surface area (Å²) in [5.41, 5.74) is 4.24. The number of amides is 1. The molecule has 1 aromatic heterocycles. The van der Waals surface area contributed by atoms with E-state index in [0.717, 1.165) is 70.0 Å². The molecule has 2 aromatic rings. The summed E-state index contributed by atoms with van der Waals surface area (Å²) in [7, 11) is 0. The van der Waals surface area contributed by atoms with Crippen molar-refractivity contribution in [2.24, 2.45) is 5.41 Å². The van der Waals surface area contributed by atoms with Crippen molar-refractivity contribution in [2.75, 3.05) is 60.6 Å². The first-order chi connectivity index (χ1) is 15.9. The maximum atomic E-state index is 13.3. The zero-order valence-corrected chi connectivity index (χ0v) is 19.6. The summed E-state index contributed by atoms with van der Waals surface area (Å²) in [5.74, 6) is -0.0753. The van der Waals surface area contributed by atoms with Crippen molar-refractivity contribution in [2.45, 2.75) is 39.7 Å². The zero-order valence-electron chi connectivity index (χ0n) is 19.6. The first-order valence-electron chi connectivity index (χ1n) is 12.0. The van der Waals surface area contributed by atoms with Crippen molar-refractivity contribution in [1.82, 2.24) is 9.55 Å². The van der Waals surface area contributed by atoms with E-state index in [1.165, 1.54) is 15.8 Å². The third-order valence-corrected chi connectivity index (χ3v) is 7.28. The molecule has 0 unspecified atom stereocenters. The van der Waals surface area contributed by atoms with Crippen LogP contribution in [0.1, 0.15) is 32.3 Å². The summed E-state index contributed by atoms with van der Waals surface area (Å²) < 4.78 is 6.95. The summed E-state index contributed by atoms with van der Waals surface area (Å²) in [4.78, 5) is 36.2. The standard InChI is InChI=1S/C25H33N5O3/c1-25(2)7-10-27(11-8-25)19-16-26-24(32)29(17-19)18-23(31)30-9-6-20-21(4-3-5-22(20)30)28-12-14-33-15-13-28/h3-5,16-17H,6-15,18H2,1-2H3. The van der Waals surface area contributed by atoms with Crippen LogP contribution in [0.5, 0.6) is 0 Å². The highest BCUT2D eigenvalue weighted by Crippen LogP contribution is 2.36. The van der Waals surface area contributed by atoms with Gasteiger partial charge in [-0.05, 0) is 36.8 Å². The Balaban J connectivity index is 1.33. The quantitative estimate of drug-likeness (QED) is 0.711. The smallest absolute Gasteiger partial charge is 0.348 e. The molecule has 5 rings (SSSR count). The lowest BCUT2D eigenvalue weighted by Crippen LogP contribution is -2.39. The number of carbonyl (C=O) groups is 1. The molecule has 0 spiro atoms. The Morgan fingerprint density at radius 3 is 2.52 bits per heavy atom. The molecular formula is C25H33N5O3. The molecule has 2 saturated heterocycles. The first kappa shape index (κ1) is 21.9. The van der Waals surface area contributed by atoms with Crippen LogP contribution in [0.25, 0.3) is 0 Å². The molecule has 176 valence electrons. The third kappa shape index (κ3) is 4.49. The van der Waals surface area contributed by atoms with Gasteiger partial charge in [0.05, 0.1) is 25.1 Å². The number of piperidine rings is 1. The van der Waals surface area contributed by atoms with Gasteiger partial charge in [-0.3, -0.25) is 9.36 Å². The minimum Gasteiger partial charge on any atom is -0.378 e. The second kappa shape index (κ2) is 8.82. The number of benzene rings is 1. The van der Waals surface area contributed by atoms with Crippen molar-refractivity contribution < 1.29 is 9.53 Å². The molecule has 0 N–H and O–H groups in total. The predicted octanol–water partition coefficient (Wildman–Crippen LogP) is 2.30. The van der Waals surface area contributed by atoms with Gasteiger partial charge in [0, 0.05) is 55.9 Å². The minimum absolute atomic E-state index is 0.000226. The molecule has 0 atom stereocenters. The number of hydrogen-bond acceptors (Lipinski definition) is 6. The Morgan fingerprint density at radius 2 is 1.76 bits per heavy atom. The van der Waals surface area contributed by atoms with E-state index in [0.29, 0.717) is 12.0 Å². The van der Waals surface area contributed by atoms with Gasteiger partial charge in [0.15, 0.2) is 0 Å². The molecule has 0 radical (unpaired) electrons. The lowest BCUT2D eigenvalue weighted by Gasteiger charge is -2.38. The van der Waals surface area contributed by atoms with Gasteiger partial charge in [-0.25, -0.2) is 4.79 Å². The largest absolute Gasteiger partial charge is 0.378 e. The Bertz CT molecular complexity index is 1080. The molecule has 0 saturated carbocycles. The van der Waals surface area contributed by atoms with Crippen molar-refractivity contribution >= 4 is 23.0 Å². The maximum Gasteiger partial charge on any atom is 0.348 e. The number of morpholine rings is 1. The molecule has 1 aromatic carbocycles. The number of carbonyl (C=O) groups excluding carboxylic acids is 1. The Labute approximate surface area is 194 Å². The van der Waals surface area contributed by atoms with E-state index in [4.69, 9.17) is 4.74 Å². The summed E-state index contributed by atoms with van der Waals surface area (Å²) in [5, 5.41) is 0. The van der Waals surface area contributed by atoms with Crippen LogP contribution in [0.3, 0.4) is 0 Å². The van der Waals surface area contributed by atoms with Crippen molar-refractivity contribution in [3.63, 3.8) is 0 Å². The number of anilines is 3. The van der Waals surface area contributed by atoms with Crippen molar-refractivity contribution in [1.29, 1.82) is 0 Å². The molecule has 8 heteroatoms. The van der Waals surface area contributed by atoms with E-state index in [9.17, 15) is 9.59 Å². The van der Waals surface area contributed by atoms with Crippen LogP contribution in [-0.4, -0.2) is 61.4 Å². The summed E-state index contributed by atoms with van der Waals surface area (Å²) >= 11 is 0. The predicted molar refractivity (Wildman–Crippen MR) is 129 cm³/mol. The molecule has 4 heterocycles. The molecule has 0 bridgehead atoms. The number of nitrogens with zero attached hydrogens (tertiary/aromatic N) is 5. The summed E-state index contributed by atoms with van der Waals surface area (Å²) in [6.45, 7) is 10.3. The number of rotatable bonds is 4. The average Bonchev–Trinajstić information content (AvgIpc) is 3.26. The molecule has 1 amide bonds. The molecule has 33 heavy (non-hydrogen) atoms. The Kier molecular flexibility index (Phi) is 5.86. The van der Waals surface area contributed by atoms with Crippen LogP contribution in [0.15, 0.2) is 35.4 Å². The fourth-order valence-electron chi connectivity index (χ4n) is 5.10. The van der Waals surface area contributed by atoms with Gasteiger partial charge >= 0.3 is 5.69 Å². The van der Waals surface area contributed by atoms with Crippen LogP contribution in [0, 0.1) is 5.41 Å². The van der Waals surface area contributed by atoms with E-state index < -0.39 is 0 Å². The van der Waals surface area contributed by atoms with Gasteiger partial charge in [0.1, 0.15) is 6.54 Å². The SMILES string of the molecule is CC1(C)CCN(c2cnc(=O)n(CC(=O)N3CCc4c(N5CCOCC5)cccc43)c2)CC1. The van der Waals surface area contributed by atoms with Gasteiger partial charge in [-0.1, -0.05) is 19.9 Å². The number of aromatic nitrogens is 2. The van der Waals surface area contributed by atoms with Crippen molar-refractivity contribution in [3.8, 4) is 0 Å². The molecule has 0 aliphatic carbocycles. The lowest BCUT2D eigenvalue weighted by molar-refractivity contribution is -0.119. The number of fused-ring (bicyclic) bond motifs is 1. The lowest BCUT2D eigenvalue weighted by atomic mass is 9.82. The second-order valence-corrected chi connectivity index (χ2v) is 10.0. The third-order valence-electron chi connectivity index (χ3n) is 7.28. The second-order valence-electron chi connectivity index (χ2n) is 10.0. The van der Waals surface area contributed by atoms with E-state index in [1.807, 2.05) is 17.0 Å². The van der Waals surface area contributed by atoms with E-state index in [-0.39, 0.29) is 18.1 Å². The van der Waals surface area contributed by atoms with E-state index in [1.54, 1.807) is 12.4 Å². The van der Waals surface area contributed by atoms with Crippen LogP contribution >= 0.6 is 0 Å². The van der Waals surface area contributed by atoms with Crippen LogP contribution < -0.4 is 20.4 Å². The van der Waals surface area contributed by atoms with Gasteiger partial charge in [0.2, 0.25) is 5.91 Å². The summed E-state index contributed by atoms with van der Waals surface area (Å²) in [6.07, 6.45) is 6.46. The molecule has 3 aliphatic rings. The number of hydrogen-bond donors (Lipinski definition) is 0. The Morgan fingerprint density at radius 1 is 1.03 bits per heavy atom. The van der Waals surface area contributed by atoms with Gasteiger partial charge in [-0.2, -0.15) is 4.98 Å². The monoisotopic (exact) mass is 451 g/mol. The van der Waals surface area contributed by atoms with Crippen molar-refractivity contribution in [3.05, 3.63) is 46.6 Å². The zero-order chi connectivity index (χ0) is 23.0. The van der Waals surface area contributed by atoms with Crippen LogP contribution in [0.4, 0.5) is 17.1 Å². The van der Waals surface area contributed by atoms with Crippen LogP contribution in [0.2, 0.25) is 0 Å². The molecule has 2 fully saturated rings. The highest BCUT2D eigenvalue weighted by molar-refractivity contribution is 5.96. The van der Waals surface area contributed by atoms with E-state index >= 15 is 0 Å². The molecular weight excluding hydrogens is 418 g/mol. The minimum atomic E-state index is -0.383. The average molecular weight is 452 g/mol. The van der Waals surface area contributed by atoms with Gasteiger partial charge in [0.25, 0.3) is 0 Å². The number of ether oxygens (including phenoxy) is 1. The highest BCUT2D eigenvalue weighted by Gasteiger charge is 2.29. The fourth-order valence-corrected chi connectivity index (χ4v) is 5.10. The highest BCUT2D eigenvalue weighted by atomic mass is 16.5. The van der Waals surface area contributed by atoms with Gasteiger partial charge in [-0.15, -0.1) is 0 Å². The molecule has 3 aliphatic heterocycles. The van der Waals surface area contributed by atoms with Crippen LogP contribution in [-0.2, 0) is 22.5 Å². The van der Waals surface area contributed by atoms with Gasteiger partial charge < -0.3 is 19.4 Å². The summed E-state index contributed by atoms with van der Waals surface area (Å²) in [6, 6.07) is 6.16. The Hall–Kier alpha value is -2.87. The maximum absolute atomic E-state index is 13.3. The normalized spacial score (nSPS) is 20.1. The fraction of sp³-hybridized carbons (Fsp3) is 0.560. The molecule has 8 nitrogen and oxygen atoms in total. The first-order valence-corrected chi connectivity index (χ1v) is 12.0.